The molecule has 0 heterocycles. The second-order valence-corrected chi connectivity index (χ2v) is 5.26. The first-order valence-electron chi connectivity index (χ1n) is 6.07. The number of hydrogen-bond acceptors (Lipinski definition) is 2. The van der Waals surface area contributed by atoms with E-state index in [-0.39, 0.29) is 11.4 Å². The molecule has 2 N–H and O–H groups in total. The standard InChI is InChI=1S/C15H13BrFNO2/c16-12-7-11(15(19)20)8-14(9-12)18-5-4-10-2-1-3-13(17)6-10/h1-3,6-9,18H,4-5H2,(H,19,20). The zero-order valence-electron chi connectivity index (χ0n) is 10.6. The Morgan fingerprint density at radius 2 is 2.05 bits per heavy atom. The van der Waals surface area contributed by atoms with Crippen molar-refractivity contribution in [1.82, 2.24) is 0 Å². The lowest BCUT2D eigenvalue weighted by Crippen LogP contribution is -2.06. The molecule has 0 radical (unpaired) electrons. The third-order valence-corrected chi connectivity index (χ3v) is 3.23. The van der Waals surface area contributed by atoms with Crippen molar-refractivity contribution < 1.29 is 14.3 Å². The van der Waals surface area contributed by atoms with Gasteiger partial charge in [0.2, 0.25) is 0 Å². The average Bonchev–Trinajstić information content (AvgIpc) is 2.38. The van der Waals surface area contributed by atoms with Crippen LogP contribution in [-0.2, 0) is 6.42 Å². The largest absolute Gasteiger partial charge is 0.478 e. The van der Waals surface area contributed by atoms with Gasteiger partial charge in [-0.3, -0.25) is 0 Å². The summed E-state index contributed by atoms with van der Waals surface area (Å²) >= 11 is 3.27. The van der Waals surface area contributed by atoms with Crippen molar-refractivity contribution in [3.63, 3.8) is 0 Å². The second-order valence-electron chi connectivity index (χ2n) is 4.34. The number of anilines is 1. The molecule has 0 atom stereocenters. The van der Waals surface area contributed by atoms with Crippen LogP contribution in [0.4, 0.5) is 10.1 Å². The number of aromatic carboxylic acids is 1. The average molecular weight is 338 g/mol. The number of benzene rings is 2. The number of rotatable bonds is 5. The zero-order valence-corrected chi connectivity index (χ0v) is 12.2. The number of hydrogen-bond donors (Lipinski definition) is 2. The molecule has 0 saturated heterocycles. The molecular weight excluding hydrogens is 325 g/mol. The highest BCUT2D eigenvalue weighted by atomic mass is 79.9. The van der Waals surface area contributed by atoms with Crippen molar-refractivity contribution in [3.8, 4) is 0 Å². The fourth-order valence-corrected chi connectivity index (χ4v) is 2.35. The highest BCUT2D eigenvalue weighted by Crippen LogP contribution is 2.19. The summed E-state index contributed by atoms with van der Waals surface area (Å²) in [6.07, 6.45) is 0.659. The molecular formula is C15H13BrFNO2. The Morgan fingerprint density at radius 3 is 2.75 bits per heavy atom. The van der Waals surface area contributed by atoms with Gasteiger partial charge in [-0.05, 0) is 42.3 Å². The van der Waals surface area contributed by atoms with E-state index < -0.39 is 5.97 Å². The van der Waals surface area contributed by atoms with E-state index in [2.05, 4.69) is 21.2 Å². The van der Waals surface area contributed by atoms with E-state index >= 15 is 0 Å². The van der Waals surface area contributed by atoms with Gasteiger partial charge in [0.25, 0.3) is 0 Å². The van der Waals surface area contributed by atoms with E-state index in [9.17, 15) is 9.18 Å². The molecule has 5 heteroatoms. The summed E-state index contributed by atoms with van der Waals surface area (Å²) in [6, 6.07) is 11.3. The van der Waals surface area contributed by atoms with Gasteiger partial charge < -0.3 is 10.4 Å². The zero-order chi connectivity index (χ0) is 14.5. The van der Waals surface area contributed by atoms with Crippen LogP contribution in [0.2, 0.25) is 0 Å². The molecule has 0 aliphatic heterocycles. The summed E-state index contributed by atoms with van der Waals surface area (Å²) in [4.78, 5) is 10.9. The summed E-state index contributed by atoms with van der Waals surface area (Å²) in [5, 5.41) is 12.1. The first-order chi connectivity index (χ1) is 9.54. The van der Waals surface area contributed by atoms with Crippen molar-refractivity contribution in [2.75, 3.05) is 11.9 Å². The van der Waals surface area contributed by atoms with E-state index in [4.69, 9.17) is 5.11 Å². The van der Waals surface area contributed by atoms with Crippen molar-refractivity contribution in [3.05, 3.63) is 63.9 Å². The summed E-state index contributed by atoms with van der Waals surface area (Å²) in [7, 11) is 0. The van der Waals surface area contributed by atoms with Crippen molar-refractivity contribution in [2.45, 2.75) is 6.42 Å². The van der Waals surface area contributed by atoms with E-state index in [1.54, 1.807) is 24.3 Å². The fraction of sp³-hybridized carbons (Fsp3) is 0.133. The number of nitrogens with one attached hydrogen (secondary N) is 1. The van der Waals surface area contributed by atoms with Gasteiger partial charge in [-0.25, -0.2) is 9.18 Å². The molecule has 0 spiro atoms. The molecule has 0 amide bonds. The van der Waals surface area contributed by atoms with Crippen molar-refractivity contribution in [1.29, 1.82) is 0 Å². The van der Waals surface area contributed by atoms with Crippen molar-refractivity contribution >= 4 is 27.6 Å². The first kappa shape index (κ1) is 14.5. The van der Waals surface area contributed by atoms with Crippen molar-refractivity contribution in [2.24, 2.45) is 0 Å². The van der Waals surface area contributed by atoms with E-state index in [0.717, 1.165) is 5.56 Å². The monoisotopic (exact) mass is 337 g/mol. The van der Waals surface area contributed by atoms with Gasteiger partial charge in [-0.15, -0.1) is 0 Å². The smallest absolute Gasteiger partial charge is 0.335 e. The molecule has 3 nitrogen and oxygen atoms in total. The van der Waals surface area contributed by atoms with Crippen LogP contribution >= 0.6 is 15.9 Å². The quantitative estimate of drug-likeness (QED) is 0.868. The van der Waals surface area contributed by atoms with Gasteiger partial charge in [0.05, 0.1) is 5.56 Å². The predicted octanol–water partition coefficient (Wildman–Crippen LogP) is 3.94. The van der Waals surface area contributed by atoms with Crippen LogP contribution in [0.25, 0.3) is 0 Å². The van der Waals surface area contributed by atoms with Gasteiger partial charge in [-0.1, -0.05) is 28.1 Å². The van der Waals surface area contributed by atoms with Gasteiger partial charge in [0.1, 0.15) is 5.82 Å². The molecule has 0 bridgehead atoms. The SMILES string of the molecule is O=C(O)c1cc(Br)cc(NCCc2cccc(F)c2)c1. The van der Waals surface area contributed by atoms with Gasteiger partial charge in [0.15, 0.2) is 0 Å². The minimum Gasteiger partial charge on any atom is -0.478 e. The molecule has 104 valence electrons. The summed E-state index contributed by atoms with van der Waals surface area (Å²) < 4.78 is 13.7. The molecule has 0 aliphatic rings. The van der Waals surface area contributed by atoms with Gasteiger partial charge in [-0.2, -0.15) is 0 Å². The normalized spacial score (nSPS) is 10.3. The maximum Gasteiger partial charge on any atom is 0.335 e. The summed E-state index contributed by atoms with van der Waals surface area (Å²) in [5.41, 5.74) is 1.83. The third kappa shape index (κ3) is 4.06. The molecule has 2 aromatic rings. The lowest BCUT2D eigenvalue weighted by atomic mass is 10.1. The second kappa shape index (κ2) is 6.52. The Balaban J connectivity index is 1.99. The minimum atomic E-state index is -0.973. The van der Waals surface area contributed by atoms with Crippen LogP contribution in [0.3, 0.4) is 0 Å². The minimum absolute atomic E-state index is 0.215. The highest BCUT2D eigenvalue weighted by molar-refractivity contribution is 9.10. The molecule has 2 rings (SSSR count). The van der Waals surface area contributed by atoms with E-state index in [1.165, 1.54) is 12.1 Å². The van der Waals surface area contributed by atoms with Crippen LogP contribution in [0.5, 0.6) is 0 Å². The Morgan fingerprint density at radius 1 is 1.25 bits per heavy atom. The summed E-state index contributed by atoms with van der Waals surface area (Å²) in [6.45, 7) is 0.596. The van der Waals surface area contributed by atoms with Crippen LogP contribution in [0, 0.1) is 5.82 Å². The van der Waals surface area contributed by atoms with Gasteiger partial charge >= 0.3 is 5.97 Å². The molecule has 0 unspecified atom stereocenters. The lowest BCUT2D eigenvalue weighted by molar-refractivity contribution is 0.0697. The Bertz CT molecular complexity index is 631. The molecule has 0 fully saturated rings. The van der Waals surface area contributed by atoms with Crippen LogP contribution < -0.4 is 5.32 Å². The Hall–Kier alpha value is -1.88. The molecule has 0 aromatic heterocycles. The molecule has 0 aliphatic carbocycles. The van der Waals surface area contributed by atoms with E-state index in [0.29, 0.717) is 23.1 Å². The van der Waals surface area contributed by atoms with Crippen LogP contribution in [0.15, 0.2) is 46.9 Å². The molecule has 20 heavy (non-hydrogen) atoms. The maximum absolute atomic E-state index is 13.0. The number of carbonyl (C=O) groups is 1. The Kier molecular flexibility index (Phi) is 4.74. The summed E-state index contributed by atoms with van der Waals surface area (Å²) in [5.74, 6) is -1.22. The number of carboxylic acids is 1. The number of carboxylic acid groups (broad SMARTS) is 1. The third-order valence-electron chi connectivity index (χ3n) is 2.78. The highest BCUT2D eigenvalue weighted by Gasteiger charge is 2.05. The van der Waals surface area contributed by atoms with Crippen LogP contribution in [-0.4, -0.2) is 17.6 Å². The Labute approximate surface area is 124 Å². The predicted molar refractivity (Wildman–Crippen MR) is 79.7 cm³/mol. The molecule has 2 aromatic carbocycles. The van der Waals surface area contributed by atoms with Crippen LogP contribution in [0.1, 0.15) is 15.9 Å². The van der Waals surface area contributed by atoms with Gasteiger partial charge in [0, 0.05) is 16.7 Å². The fourth-order valence-electron chi connectivity index (χ4n) is 1.86. The number of halogens is 2. The van der Waals surface area contributed by atoms with E-state index in [1.807, 2.05) is 6.07 Å². The topological polar surface area (TPSA) is 49.3 Å². The first-order valence-corrected chi connectivity index (χ1v) is 6.86. The maximum atomic E-state index is 13.0. The molecule has 0 saturated carbocycles. The lowest BCUT2D eigenvalue weighted by Gasteiger charge is -2.08.